The zero-order valence-corrected chi connectivity index (χ0v) is 10.2. The van der Waals surface area contributed by atoms with Gasteiger partial charge in [-0.05, 0) is 32.0 Å². The highest BCUT2D eigenvalue weighted by atomic mass is 16.5. The molecule has 17 heavy (non-hydrogen) atoms. The lowest BCUT2D eigenvalue weighted by Gasteiger charge is -2.09. The molecule has 0 spiro atoms. The Hall–Kier alpha value is -2.10. The summed E-state index contributed by atoms with van der Waals surface area (Å²) < 4.78 is 5.32. The first-order chi connectivity index (χ1) is 8.10. The van der Waals surface area contributed by atoms with Crippen LogP contribution < -0.4 is 10.5 Å². The topological polar surface area (TPSA) is 61.0 Å². The molecule has 0 unspecified atom stereocenters. The van der Waals surface area contributed by atoms with Crippen molar-refractivity contribution in [3.05, 3.63) is 35.8 Å². The zero-order valence-electron chi connectivity index (χ0n) is 10.2. The van der Waals surface area contributed by atoms with Gasteiger partial charge in [-0.3, -0.25) is 0 Å². The second-order valence-corrected chi connectivity index (χ2v) is 3.90. The van der Waals surface area contributed by atoms with Crippen molar-refractivity contribution < 1.29 is 4.74 Å². The van der Waals surface area contributed by atoms with E-state index in [1.165, 1.54) is 0 Å². The van der Waals surface area contributed by atoms with Crippen LogP contribution in [0.25, 0.3) is 11.3 Å². The normalized spacial score (nSPS) is 10.3. The number of ether oxygens (including phenoxy) is 1. The maximum absolute atomic E-state index is 5.73. The number of hydrogen-bond donors (Lipinski definition) is 1. The predicted octanol–water partition coefficient (Wildman–Crippen LogP) is 2.35. The summed E-state index contributed by atoms with van der Waals surface area (Å²) in [4.78, 5) is 8.67. The maximum atomic E-state index is 5.73. The van der Waals surface area contributed by atoms with Crippen LogP contribution in [0.1, 0.15) is 11.5 Å². The van der Waals surface area contributed by atoms with Gasteiger partial charge in [-0.15, -0.1) is 0 Å². The minimum absolute atomic E-state index is 0.674. The van der Waals surface area contributed by atoms with Gasteiger partial charge in [-0.2, -0.15) is 0 Å². The number of nitrogens with two attached hydrogens (primary N) is 1. The van der Waals surface area contributed by atoms with Gasteiger partial charge in [0.25, 0.3) is 0 Å². The first kappa shape index (κ1) is 11.4. The predicted molar refractivity (Wildman–Crippen MR) is 67.9 cm³/mol. The number of rotatable bonds is 2. The van der Waals surface area contributed by atoms with Crippen LogP contribution in [-0.2, 0) is 0 Å². The Labute approximate surface area is 100 Å². The molecule has 0 saturated carbocycles. The first-order valence-electron chi connectivity index (χ1n) is 5.36. The van der Waals surface area contributed by atoms with Crippen molar-refractivity contribution in [2.75, 3.05) is 12.8 Å². The Morgan fingerprint density at radius 1 is 1.12 bits per heavy atom. The molecule has 2 N–H and O–H groups in total. The van der Waals surface area contributed by atoms with E-state index in [1.54, 1.807) is 13.2 Å². The summed E-state index contributed by atoms with van der Waals surface area (Å²) in [5, 5.41) is 0. The van der Waals surface area contributed by atoms with Gasteiger partial charge >= 0.3 is 0 Å². The number of benzene rings is 1. The molecule has 2 rings (SSSR count). The molecule has 0 bridgehead atoms. The van der Waals surface area contributed by atoms with Gasteiger partial charge in [0.1, 0.15) is 11.6 Å². The van der Waals surface area contributed by atoms with Crippen molar-refractivity contribution in [3.63, 3.8) is 0 Å². The molecule has 1 aromatic heterocycles. The molecule has 4 nitrogen and oxygen atoms in total. The maximum Gasteiger partial charge on any atom is 0.130 e. The standard InChI is InChI=1S/C13H15N3O/c1-8-6-12(16-9(2)15-8)11-5-4-10(14)7-13(11)17-3/h4-7H,14H2,1-3H3. The number of hydrogen-bond acceptors (Lipinski definition) is 4. The van der Waals surface area contributed by atoms with E-state index in [1.807, 2.05) is 32.0 Å². The molecule has 0 amide bonds. The average Bonchev–Trinajstić information content (AvgIpc) is 2.27. The summed E-state index contributed by atoms with van der Waals surface area (Å²) in [5.41, 5.74) is 9.12. The number of nitrogens with zero attached hydrogens (tertiary/aromatic N) is 2. The smallest absolute Gasteiger partial charge is 0.130 e. The molecule has 0 fully saturated rings. The third kappa shape index (κ3) is 2.36. The van der Waals surface area contributed by atoms with E-state index in [0.717, 1.165) is 28.5 Å². The Balaban J connectivity index is 2.59. The molecular weight excluding hydrogens is 214 g/mol. The van der Waals surface area contributed by atoms with Gasteiger partial charge in [0.2, 0.25) is 0 Å². The van der Waals surface area contributed by atoms with E-state index in [9.17, 15) is 0 Å². The van der Waals surface area contributed by atoms with Crippen molar-refractivity contribution in [2.24, 2.45) is 0 Å². The van der Waals surface area contributed by atoms with Crippen molar-refractivity contribution >= 4 is 5.69 Å². The second-order valence-electron chi connectivity index (χ2n) is 3.90. The van der Waals surface area contributed by atoms with Crippen LogP contribution in [0.5, 0.6) is 5.75 Å². The zero-order chi connectivity index (χ0) is 12.4. The van der Waals surface area contributed by atoms with Crippen molar-refractivity contribution in [1.29, 1.82) is 0 Å². The lowest BCUT2D eigenvalue weighted by atomic mass is 10.1. The minimum Gasteiger partial charge on any atom is -0.496 e. The third-order valence-corrected chi connectivity index (χ3v) is 2.47. The Kier molecular flexibility index (Phi) is 2.95. The third-order valence-electron chi connectivity index (χ3n) is 2.47. The lowest BCUT2D eigenvalue weighted by Crippen LogP contribution is -1.96. The number of aromatic nitrogens is 2. The fourth-order valence-electron chi connectivity index (χ4n) is 1.77. The molecule has 0 aliphatic rings. The van der Waals surface area contributed by atoms with Gasteiger partial charge in [0.15, 0.2) is 0 Å². The molecule has 88 valence electrons. The molecule has 0 radical (unpaired) electrons. The highest BCUT2D eigenvalue weighted by Gasteiger charge is 2.08. The van der Waals surface area contributed by atoms with E-state index >= 15 is 0 Å². The minimum atomic E-state index is 0.674. The second kappa shape index (κ2) is 4.41. The molecular formula is C13H15N3O. The molecule has 2 aromatic rings. The largest absolute Gasteiger partial charge is 0.496 e. The van der Waals surface area contributed by atoms with Crippen LogP contribution in [0.4, 0.5) is 5.69 Å². The van der Waals surface area contributed by atoms with E-state index in [2.05, 4.69) is 9.97 Å². The van der Waals surface area contributed by atoms with Gasteiger partial charge < -0.3 is 10.5 Å². The quantitative estimate of drug-likeness (QED) is 0.803. The van der Waals surface area contributed by atoms with Gasteiger partial charge in [0.05, 0.1) is 12.8 Å². The fourth-order valence-corrected chi connectivity index (χ4v) is 1.77. The van der Waals surface area contributed by atoms with Crippen LogP contribution in [0, 0.1) is 13.8 Å². The number of nitrogen functional groups attached to an aromatic ring is 1. The summed E-state index contributed by atoms with van der Waals surface area (Å²) >= 11 is 0. The Bertz CT molecular complexity index is 532. The fraction of sp³-hybridized carbons (Fsp3) is 0.231. The average molecular weight is 229 g/mol. The molecule has 1 heterocycles. The molecule has 0 saturated heterocycles. The van der Waals surface area contributed by atoms with Crippen molar-refractivity contribution in [3.8, 4) is 17.0 Å². The first-order valence-corrected chi connectivity index (χ1v) is 5.36. The van der Waals surface area contributed by atoms with Gasteiger partial charge in [-0.1, -0.05) is 0 Å². The monoisotopic (exact) mass is 229 g/mol. The summed E-state index contributed by atoms with van der Waals surface area (Å²) in [7, 11) is 1.62. The number of aryl methyl sites for hydroxylation is 2. The van der Waals surface area contributed by atoms with E-state index < -0.39 is 0 Å². The van der Waals surface area contributed by atoms with Crippen LogP contribution in [0.3, 0.4) is 0 Å². The van der Waals surface area contributed by atoms with Crippen LogP contribution in [0.15, 0.2) is 24.3 Å². The molecule has 0 aliphatic heterocycles. The SMILES string of the molecule is COc1cc(N)ccc1-c1cc(C)nc(C)n1. The van der Waals surface area contributed by atoms with E-state index in [4.69, 9.17) is 10.5 Å². The summed E-state index contributed by atoms with van der Waals surface area (Å²) in [6.45, 7) is 3.82. The Morgan fingerprint density at radius 2 is 1.88 bits per heavy atom. The highest BCUT2D eigenvalue weighted by molar-refractivity contribution is 5.70. The summed E-state index contributed by atoms with van der Waals surface area (Å²) in [6, 6.07) is 7.48. The Morgan fingerprint density at radius 3 is 2.53 bits per heavy atom. The lowest BCUT2D eigenvalue weighted by molar-refractivity contribution is 0.416. The van der Waals surface area contributed by atoms with Crippen LogP contribution in [0.2, 0.25) is 0 Å². The molecule has 0 atom stereocenters. The number of methoxy groups -OCH3 is 1. The highest BCUT2D eigenvalue weighted by Crippen LogP contribution is 2.30. The molecule has 1 aromatic carbocycles. The van der Waals surface area contributed by atoms with E-state index in [-0.39, 0.29) is 0 Å². The summed E-state index contributed by atoms with van der Waals surface area (Å²) in [6.07, 6.45) is 0. The van der Waals surface area contributed by atoms with E-state index in [0.29, 0.717) is 5.69 Å². The summed E-state index contributed by atoms with van der Waals surface area (Å²) in [5.74, 6) is 1.47. The molecule has 0 aliphatic carbocycles. The van der Waals surface area contributed by atoms with Gasteiger partial charge in [-0.25, -0.2) is 9.97 Å². The molecule has 4 heteroatoms. The number of anilines is 1. The van der Waals surface area contributed by atoms with Crippen molar-refractivity contribution in [2.45, 2.75) is 13.8 Å². The van der Waals surface area contributed by atoms with Gasteiger partial charge in [0, 0.05) is 23.0 Å². The van der Waals surface area contributed by atoms with Crippen LogP contribution >= 0.6 is 0 Å². The van der Waals surface area contributed by atoms with Crippen molar-refractivity contribution in [1.82, 2.24) is 9.97 Å². The van der Waals surface area contributed by atoms with Crippen LogP contribution in [-0.4, -0.2) is 17.1 Å².